The van der Waals surface area contributed by atoms with Gasteiger partial charge in [-0.1, -0.05) is 0 Å². The Labute approximate surface area is 133 Å². The third-order valence-corrected chi connectivity index (χ3v) is 8.71. The van der Waals surface area contributed by atoms with Crippen LogP contribution in [0.15, 0.2) is 29.4 Å². The number of nitrogens with zero attached hydrogens (tertiary/aromatic N) is 1. The maximum atomic E-state index is 5.11. The molecular formula is C13H18NOSnY+2. The van der Waals surface area contributed by atoms with Gasteiger partial charge in [0.2, 0.25) is 0 Å². The van der Waals surface area contributed by atoms with E-state index in [1.807, 2.05) is 0 Å². The minimum atomic E-state index is -1.90. The van der Waals surface area contributed by atoms with E-state index in [1.54, 1.807) is 3.58 Å². The number of benzene rings is 1. The molecule has 0 amide bonds. The second-order valence-electron chi connectivity index (χ2n) is 5.30. The summed E-state index contributed by atoms with van der Waals surface area (Å²) < 4.78 is 1.55. The zero-order valence-electron chi connectivity index (χ0n) is 10.7. The Morgan fingerprint density at radius 3 is 2.24 bits per heavy atom. The van der Waals surface area contributed by atoms with Crippen LogP contribution in [0.4, 0.5) is 0 Å². The summed E-state index contributed by atoms with van der Waals surface area (Å²) >= 11 is -1.90. The van der Waals surface area contributed by atoms with Gasteiger partial charge in [-0.05, 0) is 0 Å². The third kappa shape index (κ3) is 4.03. The molecule has 86 valence electrons. The van der Waals surface area contributed by atoms with Gasteiger partial charge in [0.1, 0.15) is 0 Å². The van der Waals surface area contributed by atoms with E-state index in [4.69, 9.17) is 4.84 Å². The molecule has 1 atom stereocenters. The van der Waals surface area contributed by atoms with Gasteiger partial charge in [0.25, 0.3) is 0 Å². The average Bonchev–Trinajstić information content (AvgIpc) is 2.64. The predicted octanol–water partition coefficient (Wildman–Crippen LogP) is 2.56. The largest absolute Gasteiger partial charge is 3.00 e. The number of rotatable bonds is 2. The van der Waals surface area contributed by atoms with Gasteiger partial charge in [0, 0.05) is 0 Å². The van der Waals surface area contributed by atoms with Crippen molar-refractivity contribution in [1.82, 2.24) is 0 Å². The topological polar surface area (TPSA) is 21.6 Å². The van der Waals surface area contributed by atoms with Crippen molar-refractivity contribution in [2.75, 3.05) is 0 Å². The molecule has 2 nitrogen and oxygen atoms in total. The van der Waals surface area contributed by atoms with Crippen LogP contribution in [-0.2, 0) is 37.5 Å². The van der Waals surface area contributed by atoms with Gasteiger partial charge >= 0.3 is 134 Å². The van der Waals surface area contributed by atoms with E-state index in [1.165, 1.54) is 5.56 Å². The molecule has 4 heteroatoms. The van der Waals surface area contributed by atoms with Gasteiger partial charge in [0.15, 0.2) is 0 Å². The van der Waals surface area contributed by atoms with Crippen molar-refractivity contribution in [3.8, 4) is 0 Å². The van der Waals surface area contributed by atoms with E-state index in [0.29, 0.717) is 0 Å². The van der Waals surface area contributed by atoms with Crippen LogP contribution >= 0.6 is 0 Å². The molecule has 1 aromatic carbocycles. The Bertz CT molecular complexity index is 408. The van der Waals surface area contributed by atoms with E-state index in [2.05, 4.69) is 51.2 Å². The minimum Gasteiger partial charge on any atom is 3.00 e. The third-order valence-electron chi connectivity index (χ3n) is 2.82. The molecule has 17 heavy (non-hydrogen) atoms. The van der Waals surface area contributed by atoms with Crippen LogP contribution in [0, 0.1) is 6.92 Å². The Kier molecular flexibility index (Phi) is 5.67. The van der Waals surface area contributed by atoms with Crippen LogP contribution in [0.5, 0.6) is 0 Å². The fourth-order valence-corrected chi connectivity index (χ4v) is 5.09. The first-order valence-electron chi connectivity index (χ1n) is 5.63. The summed E-state index contributed by atoms with van der Waals surface area (Å²) in [5.74, 6) is 0. The zero-order valence-corrected chi connectivity index (χ0v) is 16.4. The molecule has 1 aliphatic rings. The van der Waals surface area contributed by atoms with Crippen molar-refractivity contribution in [2.45, 2.75) is 27.3 Å². The summed E-state index contributed by atoms with van der Waals surface area (Å²) in [7, 11) is 0. The molecule has 2 rings (SSSR count). The van der Waals surface area contributed by atoms with Crippen molar-refractivity contribution >= 4 is 27.7 Å². The second-order valence-corrected chi connectivity index (χ2v) is 19.8. The van der Waals surface area contributed by atoms with E-state index in [9.17, 15) is 0 Å². The standard InChI is InChI=1S/C10H9NO.3CH3.Sn.Y/c1-8-7-10(11-12-8)9-5-3-2-4-6-9;;;;;/h3-6,8H,1,7H2;3*1H3;;/q-1;;;;;+3. The van der Waals surface area contributed by atoms with Crippen LogP contribution < -0.4 is 3.58 Å². The first-order valence-corrected chi connectivity index (χ1v) is 15.6. The Morgan fingerprint density at radius 1 is 1.24 bits per heavy atom. The minimum absolute atomic E-state index is 0. The normalized spacial score (nSPS) is 19.3. The molecule has 0 saturated carbocycles. The summed E-state index contributed by atoms with van der Waals surface area (Å²) in [6, 6.07) is 8.84. The molecule has 0 spiro atoms. The number of hydrogen-bond donors (Lipinski definition) is 0. The van der Waals surface area contributed by atoms with E-state index in [0.717, 1.165) is 12.1 Å². The van der Waals surface area contributed by atoms with E-state index in [-0.39, 0.29) is 38.8 Å². The molecule has 1 heterocycles. The fourth-order valence-electron chi connectivity index (χ4n) is 1.76. The molecule has 1 unspecified atom stereocenters. The summed E-state index contributed by atoms with van der Waals surface area (Å²) in [6.45, 7) is 3.84. The van der Waals surface area contributed by atoms with Gasteiger partial charge in [-0.25, -0.2) is 0 Å². The van der Waals surface area contributed by atoms with Crippen LogP contribution in [0.3, 0.4) is 0 Å². The summed E-state index contributed by atoms with van der Waals surface area (Å²) in [5, 5.41) is 4.05. The first kappa shape index (κ1) is 15.6. The second kappa shape index (κ2) is 6.16. The van der Waals surface area contributed by atoms with Gasteiger partial charge in [-0.15, -0.1) is 0 Å². The summed E-state index contributed by atoms with van der Waals surface area (Å²) in [4.78, 5) is 12.4. The van der Waals surface area contributed by atoms with Crippen molar-refractivity contribution in [3.05, 3.63) is 36.8 Å². The van der Waals surface area contributed by atoms with Crippen LogP contribution in [0.25, 0.3) is 0 Å². The maximum Gasteiger partial charge on any atom is 3.00 e. The van der Waals surface area contributed by atoms with Gasteiger partial charge in [-0.3, -0.25) is 0 Å². The fraction of sp³-hybridized carbons (Fsp3) is 0.385. The number of hydrogen-bond acceptors (Lipinski definition) is 2. The molecule has 0 aliphatic carbocycles. The first-order chi connectivity index (χ1) is 7.47. The molecule has 0 saturated heterocycles. The number of oxime groups is 1. The molecule has 1 aromatic rings. The zero-order chi connectivity index (χ0) is 11.8. The van der Waals surface area contributed by atoms with Gasteiger partial charge in [0.05, 0.1) is 0 Å². The van der Waals surface area contributed by atoms with Crippen molar-refractivity contribution in [1.29, 1.82) is 0 Å². The average molecular weight is 412 g/mol. The van der Waals surface area contributed by atoms with E-state index >= 15 is 0 Å². The smallest absolute Gasteiger partial charge is 3.00 e. The predicted molar refractivity (Wildman–Crippen MR) is 70.8 cm³/mol. The van der Waals surface area contributed by atoms with Crippen molar-refractivity contribution in [2.24, 2.45) is 5.16 Å². The SMILES string of the molecule is [CH2-]C1CC(c2cc[c]([Sn]([CH3])([CH3])[CH3])cc2)=NO1.[Y+3]. The Morgan fingerprint density at radius 2 is 1.82 bits per heavy atom. The molecule has 0 aromatic heterocycles. The molecule has 0 bridgehead atoms. The summed E-state index contributed by atoms with van der Waals surface area (Å²) in [6.07, 6.45) is 0.800. The quantitative estimate of drug-likeness (QED) is 0.541. The molecule has 0 radical (unpaired) electrons. The maximum absolute atomic E-state index is 5.11. The van der Waals surface area contributed by atoms with Crippen LogP contribution in [-0.4, -0.2) is 30.2 Å². The van der Waals surface area contributed by atoms with Crippen molar-refractivity contribution in [3.63, 3.8) is 0 Å². The monoisotopic (exact) mass is 413 g/mol. The molecular weight excluding hydrogens is 394 g/mol. The Hall–Kier alpha value is 0.593. The van der Waals surface area contributed by atoms with E-state index < -0.39 is 18.4 Å². The molecule has 1 aliphatic heterocycles. The van der Waals surface area contributed by atoms with Gasteiger partial charge < -0.3 is 0 Å². The summed E-state index contributed by atoms with van der Waals surface area (Å²) in [5.41, 5.74) is 2.20. The Balaban J connectivity index is 0.00000144. The molecule has 0 fully saturated rings. The van der Waals surface area contributed by atoms with Crippen molar-refractivity contribution < 1.29 is 37.5 Å². The molecule has 0 N–H and O–H groups in total. The van der Waals surface area contributed by atoms with Crippen LogP contribution in [0.1, 0.15) is 12.0 Å². The van der Waals surface area contributed by atoms with Gasteiger partial charge in [-0.2, -0.15) is 0 Å². The van der Waals surface area contributed by atoms with Crippen LogP contribution in [0.2, 0.25) is 14.8 Å².